The van der Waals surface area contributed by atoms with E-state index in [1.54, 1.807) is 16.7 Å². The summed E-state index contributed by atoms with van der Waals surface area (Å²) in [4.78, 5) is 20.8. The maximum Gasteiger partial charge on any atom is 0.280 e. The Bertz CT molecular complexity index is 1140. The number of anilines is 1. The third-order valence-electron chi connectivity index (χ3n) is 6.03. The summed E-state index contributed by atoms with van der Waals surface area (Å²) in [5.74, 6) is 0.223. The zero-order valence-electron chi connectivity index (χ0n) is 16.1. The largest absolute Gasteiger partial charge is 0.493 e. The zero-order valence-corrected chi connectivity index (χ0v) is 16.1. The Kier molecular flexibility index (Phi) is 4.23. The lowest BCUT2D eigenvalue weighted by atomic mass is 9.80. The fraction of sp³-hybridized carbons (Fsp3) is 0.381. The number of carbonyl (C=O) groups excluding carboxylic acids is 1. The quantitative estimate of drug-likeness (QED) is 0.663. The molecule has 0 aliphatic heterocycles. The molecule has 1 unspecified atom stereocenters. The van der Waals surface area contributed by atoms with E-state index < -0.39 is 23.7 Å². The molecule has 9 heteroatoms. The standard InChI is InChI=1S/C21H19F3N4O2/c1-30-17-5-12(25-20(29)15-4-2-3-14(26-15)18(22)23)9-28-10-16(27-19(17)28)13-8-21(24)6-11(13)7-21/h2-5,9-11,13,18H,6-8H2,1H3,(H,25,29). The average molecular weight is 416 g/mol. The molecular formula is C21H19F3N4O2. The molecule has 1 amide bonds. The number of rotatable bonds is 5. The predicted octanol–water partition coefficient (Wildman–Crippen LogP) is 4.53. The summed E-state index contributed by atoms with van der Waals surface area (Å²) in [6, 6.07) is 5.50. The first-order valence-electron chi connectivity index (χ1n) is 9.67. The number of amides is 1. The van der Waals surface area contributed by atoms with Crippen molar-refractivity contribution in [2.75, 3.05) is 12.4 Å². The monoisotopic (exact) mass is 416 g/mol. The molecule has 30 heavy (non-hydrogen) atoms. The number of hydrogen-bond acceptors (Lipinski definition) is 4. The lowest BCUT2D eigenvalue weighted by Crippen LogP contribution is -2.29. The van der Waals surface area contributed by atoms with Gasteiger partial charge in [0.2, 0.25) is 0 Å². The molecule has 1 atom stereocenters. The number of halogens is 3. The second kappa shape index (κ2) is 6.72. The molecule has 156 valence electrons. The van der Waals surface area contributed by atoms with Gasteiger partial charge in [-0.25, -0.2) is 23.1 Å². The predicted molar refractivity (Wildman–Crippen MR) is 103 cm³/mol. The van der Waals surface area contributed by atoms with Crippen LogP contribution < -0.4 is 10.1 Å². The van der Waals surface area contributed by atoms with Gasteiger partial charge in [-0.2, -0.15) is 0 Å². The summed E-state index contributed by atoms with van der Waals surface area (Å²) in [6.45, 7) is 0. The maximum atomic E-state index is 14.3. The van der Waals surface area contributed by atoms with Crippen molar-refractivity contribution < 1.29 is 22.7 Å². The van der Waals surface area contributed by atoms with Crippen LogP contribution in [0.5, 0.6) is 5.75 Å². The second-order valence-electron chi connectivity index (χ2n) is 8.03. The van der Waals surface area contributed by atoms with Crippen LogP contribution in [0.4, 0.5) is 18.9 Å². The summed E-state index contributed by atoms with van der Waals surface area (Å²) < 4.78 is 47.1. The molecule has 2 bridgehead atoms. The van der Waals surface area contributed by atoms with Crippen molar-refractivity contribution in [2.24, 2.45) is 5.92 Å². The number of hydrogen-bond donors (Lipinski definition) is 1. The maximum absolute atomic E-state index is 14.3. The number of fused-ring (bicyclic) bond motifs is 2. The van der Waals surface area contributed by atoms with Gasteiger partial charge in [-0.05, 0) is 37.3 Å². The summed E-state index contributed by atoms with van der Waals surface area (Å²) >= 11 is 0. The van der Waals surface area contributed by atoms with Crippen molar-refractivity contribution in [3.8, 4) is 5.75 Å². The molecule has 3 aromatic heterocycles. The van der Waals surface area contributed by atoms with Crippen LogP contribution in [0, 0.1) is 5.92 Å². The smallest absolute Gasteiger partial charge is 0.280 e. The van der Waals surface area contributed by atoms with Crippen molar-refractivity contribution >= 4 is 17.2 Å². The van der Waals surface area contributed by atoms with Crippen molar-refractivity contribution in [2.45, 2.75) is 37.3 Å². The molecule has 3 heterocycles. The Morgan fingerprint density at radius 1 is 1.27 bits per heavy atom. The molecule has 3 aliphatic carbocycles. The highest BCUT2D eigenvalue weighted by molar-refractivity contribution is 6.03. The first-order chi connectivity index (χ1) is 14.3. The number of carbonyl (C=O) groups is 1. The third kappa shape index (κ3) is 3.09. The fourth-order valence-electron chi connectivity index (χ4n) is 4.62. The number of pyridine rings is 2. The minimum Gasteiger partial charge on any atom is -0.493 e. The number of ether oxygens (including phenoxy) is 1. The van der Waals surface area contributed by atoms with Gasteiger partial charge in [0.15, 0.2) is 11.4 Å². The van der Waals surface area contributed by atoms with E-state index in [2.05, 4.69) is 15.3 Å². The van der Waals surface area contributed by atoms with Crippen molar-refractivity contribution in [3.63, 3.8) is 0 Å². The van der Waals surface area contributed by atoms with E-state index in [-0.39, 0.29) is 11.6 Å². The lowest BCUT2D eigenvalue weighted by molar-refractivity contribution is 0.0752. The number of nitrogens with one attached hydrogen (secondary N) is 1. The summed E-state index contributed by atoms with van der Waals surface area (Å²) in [5, 5.41) is 2.66. The Morgan fingerprint density at radius 2 is 2.07 bits per heavy atom. The highest BCUT2D eigenvalue weighted by Gasteiger charge is 2.57. The van der Waals surface area contributed by atoms with E-state index in [1.165, 1.54) is 25.3 Å². The van der Waals surface area contributed by atoms with Crippen LogP contribution in [0.15, 0.2) is 36.7 Å². The van der Waals surface area contributed by atoms with Crippen molar-refractivity contribution in [3.05, 3.63) is 53.7 Å². The van der Waals surface area contributed by atoms with E-state index >= 15 is 0 Å². The summed E-state index contributed by atoms with van der Waals surface area (Å²) in [6.07, 6.45) is 2.40. The van der Waals surface area contributed by atoms with Crippen LogP contribution >= 0.6 is 0 Å². The molecule has 0 saturated heterocycles. The number of nitrogens with zero attached hydrogens (tertiary/aromatic N) is 3. The summed E-state index contributed by atoms with van der Waals surface area (Å²) in [7, 11) is 1.49. The van der Waals surface area contributed by atoms with Gasteiger partial charge < -0.3 is 14.5 Å². The lowest BCUT2D eigenvalue weighted by Gasteiger charge is -2.30. The minimum absolute atomic E-state index is 0.0823. The molecule has 3 saturated carbocycles. The van der Waals surface area contributed by atoms with Crippen LogP contribution in [0.1, 0.15) is 53.5 Å². The topological polar surface area (TPSA) is 68.5 Å². The molecule has 1 N–H and O–H groups in total. The van der Waals surface area contributed by atoms with E-state index in [9.17, 15) is 18.0 Å². The van der Waals surface area contributed by atoms with Gasteiger partial charge in [0.1, 0.15) is 17.1 Å². The number of imidazole rings is 1. The van der Waals surface area contributed by atoms with Gasteiger partial charge in [-0.1, -0.05) is 6.07 Å². The van der Waals surface area contributed by atoms with Crippen molar-refractivity contribution in [1.29, 1.82) is 0 Å². The highest BCUT2D eigenvalue weighted by Crippen LogP contribution is 2.61. The normalized spacial score (nSPS) is 24.8. The van der Waals surface area contributed by atoms with Crippen LogP contribution in [-0.2, 0) is 0 Å². The van der Waals surface area contributed by atoms with Gasteiger partial charge in [0, 0.05) is 24.4 Å². The molecule has 3 fully saturated rings. The molecule has 6 rings (SSSR count). The van der Waals surface area contributed by atoms with Gasteiger partial charge in [0.25, 0.3) is 12.3 Å². The highest BCUT2D eigenvalue weighted by atomic mass is 19.3. The van der Waals surface area contributed by atoms with E-state index in [0.29, 0.717) is 42.3 Å². The Hall–Kier alpha value is -3.10. The number of methoxy groups -OCH3 is 1. The zero-order chi connectivity index (χ0) is 21.0. The van der Waals surface area contributed by atoms with Gasteiger partial charge >= 0.3 is 0 Å². The summed E-state index contributed by atoms with van der Waals surface area (Å²) in [5.41, 5.74) is 0.155. The minimum atomic E-state index is -2.76. The molecule has 0 aromatic carbocycles. The molecule has 0 radical (unpaired) electrons. The van der Waals surface area contributed by atoms with Crippen LogP contribution in [0.25, 0.3) is 5.65 Å². The van der Waals surface area contributed by atoms with E-state index in [4.69, 9.17) is 4.74 Å². The van der Waals surface area contributed by atoms with Gasteiger partial charge in [0.05, 0.1) is 18.5 Å². The molecule has 6 nitrogen and oxygen atoms in total. The fourth-order valence-corrected chi connectivity index (χ4v) is 4.62. The van der Waals surface area contributed by atoms with E-state index in [0.717, 1.165) is 5.69 Å². The average Bonchev–Trinajstić information content (AvgIpc) is 3.37. The first kappa shape index (κ1) is 18.9. The Balaban J connectivity index is 1.43. The number of alkyl halides is 3. The van der Waals surface area contributed by atoms with Gasteiger partial charge in [-0.15, -0.1) is 0 Å². The van der Waals surface area contributed by atoms with Crippen LogP contribution in [-0.4, -0.2) is 33.1 Å². The SMILES string of the molecule is COc1cc(NC(=O)c2cccc(C(F)F)n2)cn2cc(C3CC4(F)CC3C4)nc12. The molecular weight excluding hydrogens is 397 g/mol. The third-order valence-corrected chi connectivity index (χ3v) is 6.03. The second-order valence-corrected chi connectivity index (χ2v) is 8.03. The Labute approximate surface area is 170 Å². The molecule has 0 spiro atoms. The first-order valence-corrected chi connectivity index (χ1v) is 9.67. The van der Waals surface area contributed by atoms with E-state index in [1.807, 2.05) is 6.20 Å². The van der Waals surface area contributed by atoms with Crippen molar-refractivity contribution in [1.82, 2.24) is 14.4 Å². The van der Waals surface area contributed by atoms with Crippen LogP contribution in [0.2, 0.25) is 0 Å². The van der Waals surface area contributed by atoms with Crippen LogP contribution in [0.3, 0.4) is 0 Å². The van der Waals surface area contributed by atoms with Gasteiger partial charge in [-0.3, -0.25) is 4.79 Å². The molecule has 3 aromatic rings. The molecule has 3 aliphatic rings. The Morgan fingerprint density at radius 3 is 2.73 bits per heavy atom. The number of aromatic nitrogens is 3.